The number of anilines is 1. The fraction of sp³-hybridized carbons (Fsp3) is 0.294. The smallest absolute Gasteiger partial charge is 0.416 e. The number of cyclic esters (lactones) is 2. The van der Waals surface area contributed by atoms with Crippen molar-refractivity contribution in [2.75, 3.05) is 31.1 Å². The standard InChI is InChI=1S/C17H16N4O4/c22-16-20(7-8-24-16)10-14-11-21(17(23)25-14)15-2-1-13(9-19-15)12-3-5-18-6-4-12/h1-6,9,14H,7-8,10-11H2. The normalized spacial score (nSPS) is 19.9. The van der Waals surface area contributed by atoms with E-state index in [0.29, 0.717) is 32.1 Å². The van der Waals surface area contributed by atoms with E-state index in [9.17, 15) is 9.59 Å². The predicted molar refractivity (Wildman–Crippen MR) is 88.0 cm³/mol. The van der Waals surface area contributed by atoms with Gasteiger partial charge in [-0.1, -0.05) is 0 Å². The average Bonchev–Trinajstić information content (AvgIpc) is 3.22. The molecule has 0 spiro atoms. The van der Waals surface area contributed by atoms with Crippen molar-refractivity contribution in [3.63, 3.8) is 0 Å². The number of hydrogen-bond donors (Lipinski definition) is 0. The number of aromatic nitrogens is 2. The zero-order valence-corrected chi connectivity index (χ0v) is 13.4. The Labute approximate surface area is 144 Å². The van der Waals surface area contributed by atoms with Crippen LogP contribution in [0.3, 0.4) is 0 Å². The van der Waals surface area contributed by atoms with E-state index >= 15 is 0 Å². The highest BCUT2D eigenvalue weighted by molar-refractivity contribution is 5.88. The van der Waals surface area contributed by atoms with Crippen molar-refractivity contribution >= 4 is 18.0 Å². The lowest BCUT2D eigenvalue weighted by Gasteiger charge is -2.16. The Morgan fingerprint density at radius 1 is 1.08 bits per heavy atom. The lowest BCUT2D eigenvalue weighted by Crippen LogP contribution is -2.35. The average molecular weight is 340 g/mol. The third-order valence-electron chi connectivity index (χ3n) is 4.18. The number of carbonyl (C=O) groups excluding carboxylic acids is 2. The third kappa shape index (κ3) is 3.10. The molecule has 0 aliphatic carbocycles. The van der Waals surface area contributed by atoms with Gasteiger partial charge in [0.05, 0.1) is 19.6 Å². The summed E-state index contributed by atoms with van der Waals surface area (Å²) >= 11 is 0. The lowest BCUT2D eigenvalue weighted by molar-refractivity contribution is 0.113. The molecule has 2 fully saturated rings. The van der Waals surface area contributed by atoms with Gasteiger partial charge in [0.2, 0.25) is 0 Å². The van der Waals surface area contributed by atoms with Crippen LogP contribution in [0.25, 0.3) is 11.1 Å². The first-order valence-corrected chi connectivity index (χ1v) is 7.97. The second-order valence-electron chi connectivity index (χ2n) is 5.82. The maximum Gasteiger partial charge on any atom is 0.416 e. The fourth-order valence-electron chi connectivity index (χ4n) is 2.90. The highest BCUT2D eigenvalue weighted by Crippen LogP contribution is 2.24. The Kier molecular flexibility index (Phi) is 3.93. The van der Waals surface area contributed by atoms with E-state index in [2.05, 4.69) is 9.97 Å². The molecule has 2 aromatic heterocycles. The molecule has 4 heterocycles. The molecule has 0 radical (unpaired) electrons. The van der Waals surface area contributed by atoms with E-state index in [0.717, 1.165) is 11.1 Å². The van der Waals surface area contributed by atoms with Gasteiger partial charge < -0.3 is 14.4 Å². The second-order valence-corrected chi connectivity index (χ2v) is 5.82. The molecular weight excluding hydrogens is 324 g/mol. The molecule has 1 atom stereocenters. The van der Waals surface area contributed by atoms with Crippen LogP contribution in [0.15, 0.2) is 42.9 Å². The molecule has 8 heteroatoms. The van der Waals surface area contributed by atoms with Crippen molar-refractivity contribution in [2.24, 2.45) is 0 Å². The second kappa shape index (κ2) is 6.39. The van der Waals surface area contributed by atoms with E-state index in [4.69, 9.17) is 9.47 Å². The van der Waals surface area contributed by atoms with Crippen molar-refractivity contribution in [1.82, 2.24) is 14.9 Å². The zero-order valence-electron chi connectivity index (χ0n) is 13.4. The van der Waals surface area contributed by atoms with Crippen LogP contribution in [0.2, 0.25) is 0 Å². The van der Waals surface area contributed by atoms with Gasteiger partial charge in [0, 0.05) is 24.2 Å². The summed E-state index contributed by atoms with van der Waals surface area (Å²) in [7, 11) is 0. The van der Waals surface area contributed by atoms with Crippen LogP contribution in [0.5, 0.6) is 0 Å². The summed E-state index contributed by atoms with van der Waals surface area (Å²) in [6, 6.07) is 7.47. The number of carbonyl (C=O) groups is 2. The van der Waals surface area contributed by atoms with Gasteiger partial charge in [-0.2, -0.15) is 0 Å². The highest BCUT2D eigenvalue weighted by atomic mass is 16.6. The van der Waals surface area contributed by atoms with Crippen molar-refractivity contribution in [2.45, 2.75) is 6.10 Å². The van der Waals surface area contributed by atoms with Crippen LogP contribution in [0.1, 0.15) is 0 Å². The maximum absolute atomic E-state index is 12.1. The minimum Gasteiger partial charge on any atom is -0.448 e. The van der Waals surface area contributed by atoms with Crippen LogP contribution in [-0.2, 0) is 9.47 Å². The molecule has 25 heavy (non-hydrogen) atoms. The molecule has 2 saturated heterocycles. The van der Waals surface area contributed by atoms with E-state index in [1.54, 1.807) is 29.6 Å². The predicted octanol–water partition coefficient (Wildman–Crippen LogP) is 1.92. The van der Waals surface area contributed by atoms with Gasteiger partial charge in [-0.15, -0.1) is 0 Å². The van der Waals surface area contributed by atoms with Crippen molar-refractivity contribution in [1.29, 1.82) is 0 Å². The Balaban J connectivity index is 1.45. The number of amides is 2. The molecule has 4 rings (SSSR count). The number of rotatable bonds is 4. The summed E-state index contributed by atoms with van der Waals surface area (Å²) in [6.07, 6.45) is 3.93. The van der Waals surface area contributed by atoms with E-state index in [1.807, 2.05) is 18.2 Å². The minimum atomic E-state index is -0.457. The maximum atomic E-state index is 12.1. The van der Waals surface area contributed by atoms with Crippen LogP contribution in [0, 0.1) is 0 Å². The molecule has 2 amide bonds. The van der Waals surface area contributed by atoms with Crippen molar-refractivity contribution in [3.8, 4) is 11.1 Å². The molecule has 0 N–H and O–H groups in total. The Hall–Kier alpha value is -3.16. The van der Waals surface area contributed by atoms with Crippen LogP contribution < -0.4 is 4.90 Å². The SMILES string of the molecule is O=C1OCCN1CC1CN(c2ccc(-c3ccncc3)cn2)C(=O)O1. The van der Waals surface area contributed by atoms with Crippen LogP contribution in [-0.4, -0.2) is 59.4 Å². The summed E-state index contributed by atoms with van der Waals surface area (Å²) in [5.74, 6) is 0.523. The fourth-order valence-corrected chi connectivity index (χ4v) is 2.90. The van der Waals surface area contributed by atoms with Gasteiger partial charge in [0.25, 0.3) is 0 Å². The minimum absolute atomic E-state index is 0.330. The molecular formula is C17H16N4O4. The largest absolute Gasteiger partial charge is 0.448 e. The summed E-state index contributed by atoms with van der Waals surface area (Å²) < 4.78 is 10.2. The number of nitrogens with zero attached hydrogens (tertiary/aromatic N) is 4. The van der Waals surface area contributed by atoms with E-state index in [-0.39, 0.29) is 12.2 Å². The molecule has 0 bridgehead atoms. The van der Waals surface area contributed by atoms with Gasteiger partial charge in [-0.25, -0.2) is 14.6 Å². The first-order chi connectivity index (χ1) is 12.2. The van der Waals surface area contributed by atoms with Gasteiger partial charge in [-0.05, 0) is 29.8 Å². The molecule has 8 nitrogen and oxygen atoms in total. The van der Waals surface area contributed by atoms with Crippen molar-refractivity contribution < 1.29 is 19.1 Å². The topological polar surface area (TPSA) is 84.9 Å². The summed E-state index contributed by atoms with van der Waals surface area (Å²) in [6.45, 7) is 1.58. The third-order valence-corrected chi connectivity index (χ3v) is 4.18. The van der Waals surface area contributed by atoms with E-state index < -0.39 is 6.09 Å². The van der Waals surface area contributed by atoms with E-state index in [1.165, 1.54) is 4.90 Å². The summed E-state index contributed by atoms with van der Waals surface area (Å²) in [5.41, 5.74) is 1.94. The van der Waals surface area contributed by atoms with Gasteiger partial charge in [0.15, 0.2) is 0 Å². The number of pyridine rings is 2. The molecule has 1 unspecified atom stereocenters. The van der Waals surface area contributed by atoms with Gasteiger partial charge in [-0.3, -0.25) is 9.88 Å². The quantitative estimate of drug-likeness (QED) is 0.845. The van der Waals surface area contributed by atoms with Gasteiger partial charge >= 0.3 is 12.2 Å². The van der Waals surface area contributed by atoms with Gasteiger partial charge in [0.1, 0.15) is 18.5 Å². The molecule has 0 saturated carbocycles. The molecule has 0 aromatic carbocycles. The highest BCUT2D eigenvalue weighted by Gasteiger charge is 2.36. The lowest BCUT2D eigenvalue weighted by atomic mass is 10.1. The zero-order chi connectivity index (χ0) is 17.2. The van der Waals surface area contributed by atoms with Crippen molar-refractivity contribution in [3.05, 3.63) is 42.9 Å². The van der Waals surface area contributed by atoms with Crippen LogP contribution in [0.4, 0.5) is 15.4 Å². The molecule has 2 aromatic rings. The number of hydrogen-bond acceptors (Lipinski definition) is 6. The Bertz CT molecular complexity index is 781. The molecule has 128 valence electrons. The van der Waals surface area contributed by atoms with Crippen LogP contribution >= 0.6 is 0 Å². The molecule has 2 aliphatic heterocycles. The Morgan fingerprint density at radius 3 is 2.60 bits per heavy atom. The first-order valence-electron chi connectivity index (χ1n) is 7.97. The Morgan fingerprint density at radius 2 is 1.92 bits per heavy atom. The summed E-state index contributed by atoms with van der Waals surface area (Å²) in [4.78, 5) is 35.0. The first kappa shape index (κ1) is 15.4. The monoisotopic (exact) mass is 340 g/mol. The number of ether oxygens (including phenoxy) is 2. The summed E-state index contributed by atoms with van der Waals surface area (Å²) in [5, 5.41) is 0. The molecule has 2 aliphatic rings.